The van der Waals surface area contributed by atoms with Gasteiger partial charge in [-0.15, -0.1) is 0 Å². The van der Waals surface area contributed by atoms with Gasteiger partial charge in [-0.2, -0.15) is 5.10 Å². The van der Waals surface area contributed by atoms with Crippen LogP contribution in [-0.2, 0) is 11.3 Å². The highest BCUT2D eigenvalue weighted by Gasteiger charge is 2.15. The van der Waals surface area contributed by atoms with E-state index < -0.39 is 5.97 Å². The topological polar surface area (TPSA) is 64.4 Å². The van der Waals surface area contributed by atoms with Gasteiger partial charge >= 0.3 is 5.97 Å². The Bertz CT molecular complexity index is 575. The molecule has 1 heterocycles. The minimum absolute atomic E-state index is 0.0967. The lowest BCUT2D eigenvalue weighted by Gasteiger charge is -2.07. The zero-order valence-corrected chi connectivity index (χ0v) is 11.2. The van der Waals surface area contributed by atoms with Crippen molar-refractivity contribution < 1.29 is 14.6 Å². The van der Waals surface area contributed by atoms with E-state index in [4.69, 9.17) is 9.84 Å². The second kappa shape index (κ2) is 5.84. The van der Waals surface area contributed by atoms with Gasteiger partial charge in [0, 0.05) is 12.0 Å². The Balaban J connectivity index is 2.16. The molecule has 0 saturated carbocycles. The molecule has 0 radical (unpaired) electrons. The third-order valence-corrected chi connectivity index (χ3v) is 2.76. The number of benzene rings is 1. The fraction of sp³-hybridized carbons (Fsp3) is 0.429. The number of nitrogens with zero attached hydrogens (tertiary/aromatic N) is 2. The van der Waals surface area contributed by atoms with Gasteiger partial charge in [-0.1, -0.05) is 32.0 Å². The van der Waals surface area contributed by atoms with Crippen molar-refractivity contribution in [3.8, 4) is 0 Å². The quantitative estimate of drug-likeness (QED) is 0.812. The predicted molar refractivity (Wildman–Crippen MR) is 72.3 cm³/mol. The van der Waals surface area contributed by atoms with Crippen LogP contribution in [0, 0.1) is 5.92 Å². The van der Waals surface area contributed by atoms with Gasteiger partial charge in [0.1, 0.15) is 0 Å². The summed E-state index contributed by atoms with van der Waals surface area (Å²) in [7, 11) is 0. The standard InChI is InChI=1S/C14H18N2O3/c1-10(2)9-19-8-7-16-12-6-4-3-5-11(12)13(15-16)14(17)18/h3-6,10H,7-9H2,1-2H3,(H,17,18). The van der Waals surface area contributed by atoms with E-state index in [9.17, 15) is 4.79 Å². The second-order valence-corrected chi connectivity index (χ2v) is 4.86. The van der Waals surface area contributed by atoms with Crippen LogP contribution in [0.4, 0.5) is 0 Å². The third kappa shape index (κ3) is 3.12. The Hall–Kier alpha value is -1.88. The van der Waals surface area contributed by atoms with Gasteiger partial charge in [-0.3, -0.25) is 4.68 Å². The fourth-order valence-corrected chi connectivity index (χ4v) is 1.93. The number of aromatic carboxylic acids is 1. The van der Waals surface area contributed by atoms with Crippen LogP contribution in [0.3, 0.4) is 0 Å². The average molecular weight is 262 g/mol. The number of hydrogen-bond donors (Lipinski definition) is 1. The van der Waals surface area contributed by atoms with Crippen molar-refractivity contribution in [3.05, 3.63) is 30.0 Å². The molecule has 0 saturated heterocycles. The molecule has 19 heavy (non-hydrogen) atoms. The molecule has 1 aromatic heterocycles. The normalized spacial score (nSPS) is 11.3. The molecule has 0 aliphatic carbocycles. The molecule has 102 valence electrons. The van der Waals surface area contributed by atoms with Crippen LogP contribution in [0.1, 0.15) is 24.3 Å². The minimum Gasteiger partial charge on any atom is -0.476 e. The van der Waals surface area contributed by atoms with Crippen molar-refractivity contribution in [2.45, 2.75) is 20.4 Å². The molecule has 1 aromatic carbocycles. The van der Waals surface area contributed by atoms with Crippen LogP contribution in [0.25, 0.3) is 10.9 Å². The number of rotatable bonds is 6. The summed E-state index contributed by atoms with van der Waals surface area (Å²) < 4.78 is 7.20. The summed E-state index contributed by atoms with van der Waals surface area (Å²) >= 11 is 0. The van der Waals surface area contributed by atoms with E-state index in [-0.39, 0.29) is 5.69 Å². The van der Waals surface area contributed by atoms with Gasteiger partial charge in [0.2, 0.25) is 0 Å². The first kappa shape index (κ1) is 13.5. The first-order valence-corrected chi connectivity index (χ1v) is 6.36. The van der Waals surface area contributed by atoms with Crippen molar-refractivity contribution in [1.82, 2.24) is 9.78 Å². The Labute approximate surface area is 111 Å². The SMILES string of the molecule is CC(C)COCCn1nc(C(=O)O)c2ccccc21. The lowest BCUT2D eigenvalue weighted by atomic mass is 10.2. The van der Waals surface area contributed by atoms with Gasteiger partial charge in [-0.05, 0) is 12.0 Å². The number of fused-ring (bicyclic) bond motifs is 1. The lowest BCUT2D eigenvalue weighted by molar-refractivity contribution is 0.0689. The number of para-hydroxylation sites is 1. The van der Waals surface area contributed by atoms with E-state index in [1.165, 1.54) is 0 Å². The van der Waals surface area contributed by atoms with Crippen LogP contribution < -0.4 is 0 Å². The van der Waals surface area contributed by atoms with Crippen LogP contribution in [0.2, 0.25) is 0 Å². The molecule has 0 bridgehead atoms. The molecule has 0 amide bonds. The zero-order valence-electron chi connectivity index (χ0n) is 11.2. The van der Waals surface area contributed by atoms with Crippen molar-refractivity contribution in [1.29, 1.82) is 0 Å². The number of carbonyl (C=O) groups is 1. The van der Waals surface area contributed by atoms with E-state index in [0.29, 0.717) is 31.1 Å². The number of aromatic nitrogens is 2. The van der Waals surface area contributed by atoms with Gasteiger partial charge in [-0.25, -0.2) is 4.79 Å². The van der Waals surface area contributed by atoms with Crippen LogP contribution in [0.15, 0.2) is 24.3 Å². The first-order valence-electron chi connectivity index (χ1n) is 6.36. The predicted octanol–water partition coefficient (Wildman–Crippen LogP) is 2.41. The molecule has 0 fully saturated rings. The van der Waals surface area contributed by atoms with Crippen LogP contribution >= 0.6 is 0 Å². The molecule has 5 heteroatoms. The van der Waals surface area contributed by atoms with Gasteiger partial charge < -0.3 is 9.84 Å². The summed E-state index contributed by atoms with van der Waals surface area (Å²) in [6.45, 7) is 5.96. The van der Waals surface area contributed by atoms with E-state index in [1.807, 2.05) is 18.2 Å². The zero-order chi connectivity index (χ0) is 13.8. The summed E-state index contributed by atoms with van der Waals surface area (Å²) in [4.78, 5) is 11.1. The maximum absolute atomic E-state index is 11.1. The summed E-state index contributed by atoms with van der Waals surface area (Å²) in [5.74, 6) is -0.512. The van der Waals surface area contributed by atoms with Crippen LogP contribution in [-0.4, -0.2) is 34.1 Å². The van der Waals surface area contributed by atoms with E-state index >= 15 is 0 Å². The smallest absolute Gasteiger partial charge is 0.357 e. The molecule has 0 unspecified atom stereocenters. The Morgan fingerprint density at radius 2 is 2.16 bits per heavy atom. The third-order valence-electron chi connectivity index (χ3n) is 2.76. The number of carboxylic acids is 1. The Morgan fingerprint density at radius 3 is 2.84 bits per heavy atom. The Morgan fingerprint density at radius 1 is 1.42 bits per heavy atom. The molecule has 0 aliphatic heterocycles. The molecule has 0 atom stereocenters. The molecule has 2 aromatic rings. The minimum atomic E-state index is -1.00. The monoisotopic (exact) mass is 262 g/mol. The fourth-order valence-electron chi connectivity index (χ4n) is 1.93. The Kier molecular flexibility index (Phi) is 4.16. The second-order valence-electron chi connectivity index (χ2n) is 4.86. The van der Waals surface area contributed by atoms with Crippen molar-refractivity contribution in [2.75, 3.05) is 13.2 Å². The molecule has 2 rings (SSSR count). The molecular weight excluding hydrogens is 244 g/mol. The number of hydrogen-bond acceptors (Lipinski definition) is 3. The molecule has 0 aliphatic rings. The molecular formula is C14H18N2O3. The first-order chi connectivity index (χ1) is 9.09. The average Bonchev–Trinajstić information content (AvgIpc) is 2.74. The largest absolute Gasteiger partial charge is 0.476 e. The van der Waals surface area contributed by atoms with Crippen molar-refractivity contribution in [2.24, 2.45) is 5.92 Å². The highest BCUT2D eigenvalue weighted by Crippen LogP contribution is 2.18. The maximum atomic E-state index is 11.1. The summed E-state index contributed by atoms with van der Waals surface area (Å²) in [6, 6.07) is 7.34. The van der Waals surface area contributed by atoms with Crippen molar-refractivity contribution >= 4 is 16.9 Å². The van der Waals surface area contributed by atoms with Gasteiger partial charge in [0.15, 0.2) is 5.69 Å². The number of ether oxygens (including phenoxy) is 1. The molecule has 1 N–H and O–H groups in total. The number of carboxylic acid groups (broad SMARTS) is 1. The molecule has 0 spiro atoms. The van der Waals surface area contributed by atoms with E-state index in [2.05, 4.69) is 18.9 Å². The summed E-state index contributed by atoms with van der Waals surface area (Å²) in [6.07, 6.45) is 0. The van der Waals surface area contributed by atoms with Crippen molar-refractivity contribution in [3.63, 3.8) is 0 Å². The summed E-state index contributed by atoms with van der Waals surface area (Å²) in [5, 5.41) is 13.9. The van der Waals surface area contributed by atoms with E-state index in [1.54, 1.807) is 10.7 Å². The highest BCUT2D eigenvalue weighted by molar-refractivity contribution is 6.01. The van der Waals surface area contributed by atoms with Gasteiger partial charge in [0.25, 0.3) is 0 Å². The summed E-state index contributed by atoms with van der Waals surface area (Å²) in [5.41, 5.74) is 0.924. The van der Waals surface area contributed by atoms with Gasteiger partial charge in [0.05, 0.1) is 18.7 Å². The van der Waals surface area contributed by atoms with Crippen LogP contribution in [0.5, 0.6) is 0 Å². The highest BCUT2D eigenvalue weighted by atomic mass is 16.5. The maximum Gasteiger partial charge on any atom is 0.357 e. The lowest BCUT2D eigenvalue weighted by Crippen LogP contribution is -2.11. The van der Waals surface area contributed by atoms with E-state index in [0.717, 1.165) is 5.52 Å². The molecule has 5 nitrogen and oxygen atoms in total.